The summed E-state index contributed by atoms with van der Waals surface area (Å²) >= 11 is 5.34. The van der Waals surface area contributed by atoms with Gasteiger partial charge in [-0.1, -0.05) is 0 Å². The molecule has 1 aromatic rings. The molecule has 2 heterocycles. The van der Waals surface area contributed by atoms with Gasteiger partial charge in [-0.25, -0.2) is 0 Å². The molecule has 2 rings (SSSR count). The highest BCUT2D eigenvalue weighted by atomic mass is 79.9. The third-order valence-electron chi connectivity index (χ3n) is 3.08. The Balaban J connectivity index is 1.77. The normalized spacial score (nSPS) is 18.2. The highest BCUT2D eigenvalue weighted by molar-refractivity contribution is 9.10. The van der Waals surface area contributed by atoms with Gasteiger partial charge in [0.15, 0.2) is 0 Å². The summed E-state index contributed by atoms with van der Waals surface area (Å²) in [6.07, 6.45) is 2.66. The Labute approximate surface area is 110 Å². The molecule has 1 aliphatic heterocycles. The second kappa shape index (κ2) is 6.15. The molecule has 1 fully saturated rings. The zero-order chi connectivity index (χ0) is 11.4. The molecule has 0 saturated carbocycles. The van der Waals surface area contributed by atoms with Crippen molar-refractivity contribution in [3.8, 4) is 0 Å². The number of thiophene rings is 1. The number of hydrogen-bond acceptors (Lipinski definition) is 3. The fourth-order valence-electron chi connectivity index (χ4n) is 2.27. The molecule has 1 saturated heterocycles. The van der Waals surface area contributed by atoms with E-state index in [1.165, 1.54) is 41.8 Å². The van der Waals surface area contributed by atoms with Gasteiger partial charge in [-0.3, -0.25) is 0 Å². The van der Waals surface area contributed by atoms with Gasteiger partial charge in [0, 0.05) is 27.8 Å². The second-order valence-corrected chi connectivity index (χ2v) is 6.53. The Hall–Kier alpha value is 0.1000. The van der Waals surface area contributed by atoms with E-state index >= 15 is 0 Å². The van der Waals surface area contributed by atoms with Crippen molar-refractivity contribution in [3.05, 3.63) is 20.8 Å². The molecule has 4 heteroatoms. The first-order chi connectivity index (χ1) is 7.74. The summed E-state index contributed by atoms with van der Waals surface area (Å²) in [5, 5.41) is 5.58. The molecule has 0 amide bonds. The van der Waals surface area contributed by atoms with Gasteiger partial charge in [0.25, 0.3) is 0 Å². The van der Waals surface area contributed by atoms with Crippen LogP contribution in [-0.2, 0) is 6.54 Å². The Bertz CT molecular complexity index is 321. The van der Waals surface area contributed by atoms with Gasteiger partial charge in [-0.2, -0.15) is 0 Å². The first kappa shape index (κ1) is 12.6. The van der Waals surface area contributed by atoms with Crippen LogP contribution in [0.5, 0.6) is 0 Å². The zero-order valence-electron chi connectivity index (χ0n) is 9.71. The van der Waals surface area contributed by atoms with Crippen LogP contribution in [0.2, 0.25) is 0 Å². The number of piperidine rings is 1. The standard InChI is InChI=1S/C12H19BrN2S/c1-15(7-10-2-4-14-5-3-10)8-12-6-11(13)9-16-12/h6,9-10,14H,2-5,7-8H2,1H3. The summed E-state index contributed by atoms with van der Waals surface area (Å²) in [6.45, 7) is 4.71. The van der Waals surface area contributed by atoms with Crippen molar-refractivity contribution in [2.24, 2.45) is 5.92 Å². The molecule has 1 aliphatic rings. The third-order valence-corrected chi connectivity index (χ3v) is 4.76. The Morgan fingerprint density at radius 1 is 1.50 bits per heavy atom. The van der Waals surface area contributed by atoms with Gasteiger partial charge in [-0.15, -0.1) is 11.3 Å². The Kier molecular flexibility index (Phi) is 4.82. The van der Waals surface area contributed by atoms with E-state index < -0.39 is 0 Å². The predicted molar refractivity (Wildman–Crippen MR) is 73.9 cm³/mol. The summed E-state index contributed by atoms with van der Waals surface area (Å²) in [6, 6.07) is 2.23. The monoisotopic (exact) mass is 302 g/mol. The molecule has 0 bridgehead atoms. The minimum atomic E-state index is 0.884. The Morgan fingerprint density at radius 3 is 2.88 bits per heavy atom. The molecule has 0 unspecified atom stereocenters. The highest BCUT2D eigenvalue weighted by Gasteiger charge is 2.15. The number of nitrogens with one attached hydrogen (secondary N) is 1. The van der Waals surface area contributed by atoms with Crippen LogP contribution < -0.4 is 5.32 Å². The lowest BCUT2D eigenvalue weighted by Crippen LogP contribution is -2.34. The van der Waals surface area contributed by atoms with Crippen LogP contribution in [0, 0.1) is 5.92 Å². The minimum absolute atomic E-state index is 0.884. The van der Waals surface area contributed by atoms with Crippen molar-refractivity contribution in [2.45, 2.75) is 19.4 Å². The van der Waals surface area contributed by atoms with Gasteiger partial charge in [0.2, 0.25) is 0 Å². The molecule has 0 aliphatic carbocycles. The van der Waals surface area contributed by atoms with E-state index in [2.05, 4.69) is 44.6 Å². The molecule has 0 radical (unpaired) electrons. The quantitative estimate of drug-likeness (QED) is 0.920. The Morgan fingerprint density at radius 2 is 2.25 bits per heavy atom. The summed E-state index contributed by atoms with van der Waals surface area (Å²) in [7, 11) is 2.23. The maximum atomic E-state index is 3.50. The molecule has 0 spiro atoms. The van der Waals surface area contributed by atoms with Crippen LogP contribution >= 0.6 is 27.3 Å². The fraction of sp³-hybridized carbons (Fsp3) is 0.667. The van der Waals surface area contributed by atoms with Crippen molar-refractivity contribution in [3.63, 3.8) is 0 Å². The first-order valence-corrected chi connectivity index (χ1v) is 7.53. The smallest absolute Gasteiger partial charge is 0.0325 e. The van der Waals surface area contributed by atoms with Crippen molar-refractivity contribution >= 4 is 27.3 Å². The van der Waals surface area contributed by atoms with Crippen LogP contribution in [-0.4, -0.2) is 31.6 Å². The second-order valence-electron chi connectivity index (χ2n) is 4.62. The molecular formula is C12H19BrN2S. The third kappa shape index (κ3) is 3.84. The first-order valence-electron chi connectivity index (χ1n) is 5.86. The number of halogens is 1. The lowest BCUT2D eigenvalue weighted by atomic mass is 9.98. The fourth-order valence-corrected chi connectivity index (χ4v) is 3.80. The average molecular weight is 303 g/mol. The predicted octanol–water partition coefficient (Wildman–Crippen LogP) is 2.94. The molecule has 2 nitrogen and oxygen atoms in total. The summed E-state index contributed by atoms with van der Waals surface area (Å²) in [5.74, 6) is 0.884. The van der Waals surface area contributed by atoms with E-state index in [0.29, 0.717) is 0 Å². The van der Waals surface area contributed by atoms with E-state index in [1.54, 1.807) is 0 Å². The molecule has 0 atom stereocenters. The van der Waals surface area contributed by atoms with E-state index in [1.807, 2.05) is 11.3 Å². The zero-order valence-corrected chi connectivity index (χ0v) is 12.1. The lowest BCUT2D eigenvalue weighted by molar-refractivity contribution is 0.236. The summed E-state index contributed by atoms with van der Waals surface area (Å²) in [5.41, 5.74) is 0. The summed E-state index contributed by atoms with van der Waals surface area (Å²) in [4.78, 5) is 3.90. The highest BCUT2D eigenvalue weighted by Crippen LogP contribution is 2.21. The van der Waals surface area contributed by atoms with Crippen molar-refractivity contribution < 1.29 is 0 Å². The molecule has 90 valence electrons. The van der Waals surface area contributed by atoms with E-state index in [-0.39, 0.29) is 0 Å². The van der Waals surface area contributed by atoms with E-state index in [0.717, 1.165) is 12.5 Å². The van der Waals surface area contributed by atoms with Crippen LogP contribution in [0.3, 0.4) is 0 Å². The SMILES string of the molecule is CN(Cc1cc(Br)cs1)CC1CCNCC1. The maximum absolute atomic E-state index is 3.50. The van der Waals surface area contributed by atoms with E-state index in [4.69, 9.17) is 0 Å². The van der Waals surface area contributed by atoms with Gasteiger partial charge in [-0.05, 0) is 60.9 Å². The van der Waals surface area contributed by atoms with Gasteiger partial charge in [0.05, 0.1) is 0 Å². The molecule has 16 heavy (non-hydrogen) atoms. The molecule has 1 N–H and O–H groups in total. The summed E-state index contributed by atoms with van der Waals surface area (Å²) < 4.78 is 1.21. The topological polar surface area (TPSA) is 15.3 Å². The maximum Gasteiger partial charge on any atom is 0.0325 e. The number of rotatable bonds is 4. The van der Waals surface area contributed by atoms with Gasteiger partial charge in [0.1, 0.15) is 0 Å². The van der Waals surface area contributed by atoms with E-state index in [9.17, 15) is 0 Å². The van der Waals surface area contributed by atoms with Crippen LogP contribution in [0.1, 0.15) is 17.7 Å². The lowest BCUT2D eigenvalue weighted by Gasteiger charge is -2.27. The minimum Gasteiger partial charge on any atom is -0.317 e. The number of hydrogen-bond donors (Lipinski definition) is 1. The van der Waals surface area contributed by atoms with Gasteiger partial charge < -0.3 is 10.2 Å². The largest absolute Gasteiger partial charge is 0.317 e. The molecule has 0 aromatic carbocycles. The van der Waals surface area contributed by atoms with Crippen LogP contribution in [0.15, 0.2) is 15.9 Å². The van der Waals surface area contributed by atoms with Crippen LogP contribution in [0.25, 0.3) is 0 Å². The number of nitrogens with zero attached hydrogens (tertiary/aromatic N) is 1. The molecular weight excluding hydrogens is 284 g/mol. The van der Waals surface area contributed by atoms with Crippen molar-refractivity contribution in [1.82, 2.24) is 10.2 Å². The molecule has 1 aromatic heterocycles. The van der Waals surface area contributed by atoms with Crippen molar-refractivity contribution in [2.75, 3.05) is 26.7 Å². The van der Waals surface area contributed by atoms with Gasteiger partial charge >= 0.3 is 0 Å². The van der Waals surface area contributed by atoms with Crippen LogP contribution in [0.4, 0.5) is 0 Å². The van der Waals surface area contributed by atoms with Crippen molar-refractivity contribution in [1.29, 1.82) is 0 Å². The average Bonchev–Trinajstić information content (AvgIpc) is 2.65.